The van der Waals surface area contributed by atoms with Gasteiger partial charge in [-0.3, -0.25) is 4.79 Å². The van der Waals surface area contributed by atoms with E-state index in [-0.39, 0.29) is 23.7 Å². The van der Waals surface area contributed by atoms with E-state index in [0.717, 1.165) is 16.9 Å². The van der Waals surface area contributed by atoms with Gasteiger partial charge in [0.2, 0.25) is 5.91 Å². The van der Waals surface area contributed by atoms with Crippen molar-refractivity contribution in [3.8, 4) is 5.69 Å². The second-order valence-electron chi connectivity index (χ2n) is 6.76. The normalized spacial score (nSPS) is 11.0. The summed E-state index contributed by atoms with van der Waals surface area (Å²) in [6.45, 7) is 9.04. The minimum absolute atomic E-state index is 0. The van der Waals surface area contributed by atoms with Crippen LogP contribution in [-0.2, 0) is 10.2 Å². The third-order valence-electron chi connectivity index (χ3n) is 3.69. The molecule has 2 rings (SSSR count). The molecule has 1 amide bonds. The monoisotopic (exact) mass is 350 g/mol. The molecule has 0 aliphatic heterocycles. The van der Waals surface area contributed by atoms with Crippen molar-refractivity contribution in [2.75, 3.05) is 18.9 Å². The summed E-state index contributed by atoms with van der Waals surface area (Å²) >= 11 is 0. The van der Waals surface area contributed by atoms with E-state index in [1.54, 1.807) is 0 Å². The van der Waals surface area contributed by atoms with Gasteiger partial charge in [-0.15, -0.1) is 12.4 Å². The molecule has 0 aliphatic carbocycles. The number of aryl methyl sites for hydroxylation is 1. The molecular formula is C18H27ClN4O. The third-order valence-corrected chi connectivity index (χ3v) is 3.69. The van der Waals surface area contributed by atoms with E-state index in [1.807, 2.05) is 49.0 Å². The fourth-order valence-electron chi connectivity index (χ4n) is 2.27. The van der Waals surface area contributed by atoms with Crippen molar-refractivity contribution in [3.63, 3.8) is 0 Å². The van der Waals surface area contributed by atoms with E-state index in [2.05, 4.69) is 31.4 Å². The van der Waals surface area contributed by atoms with E-state index < -0.39 is 0 Å². The summed E-state index contributed by atoms with van der Waals surface area (Å²) < 4.78 is 1.83. The number of aromatic nitrogens is 2. The zero-order valence-corrected chi connectivity index (χ0v) is 15.8. The Morgan fingerprint density at radius 1 is 1.25 bits per heavy atom. The maximum absolute atomic E-state index is 12.1. The van der Waals surface area contributed by atoms with Gasteiger partial charge in [-0.1, -0.05) is 39.0 Å². The Bertz CT molecular complexity index is 689. The first-order chi connectivity index (χ1) is 10.8. The van der Waals surface area contributed by atoms with Crippen LogP contribution in [-0.4, -0.2) is 29.3 Å². The average Bonchev–Trinajstić information content (AvgIpc) is 2.89. The molecule has 1 aromatic carbocycles. The molecule has 0 fully saturated rings. The van der Waals surface area contributed by atoms with Crippen LogP contribution in [0.25, 0.3) is 5.69 Å². The van der Waals surface area contributed by atoms with Crippen molar-refractivity contribution in [2.24, 2.45) is 0 Å². The highest BCUT2D eigenvalue weighted by atomic mass is 35.5. The molecule has 24 heavy (non-hydrogen) atoms. The first-order valence-electron chi connectivity index (χ1n) is 7.94. The molecule has 0 saturated carbocycles. The molecule has 132 valence electrons. The lowest BCUT2D eigenvalue weighted by Gasteiger charge is -2.14. The summed E-state index contributed by atoms with van der Waals surface area (Å²) in [7, 11) is 1.84. The van der Waals surface area contributed by atoms with Crippen molar-refractivity contribution >= 4 is 24.1 Å². The highest BCUT2D eigenvalue weighted by molar-refractivity contribution is 5.90. The van der Waals surface area contributed by atoms with Gasteiger partial charge in [0.25, 0.3) is 0 Å². The van der Waals surface area contributed by atoms with Gasteiger partial charge in [0.05, 0.1) is 11.4 Å². The molecule has 0 spiro atoms. The zero-order valence-electron chi connectivity index (χ0n) is 15.0. The Labute approximate surface area is 150 Å². The molecule has 5 nitrogen and oxygen atoms in total. The number of hydrogen-bond donors (Lipinski definition) is 2. The van der Waals surface area contributed by atoms with Crippen LogP contribution in [0.15, 0.2) is 30.3 Å². The van der Waals surface area contributed by atoms with Crippen molar-refractivity contribution in [1.82, 2.24) is 15.1 Å². The number of benzene rings is 1. The number of rotatable bonds is 5. The van der Waals surface area contributed by atoms with Crippen LogP contribution in [0, 0.1) is 6.92 Å². The second-order valence-corrected chi connectivity index (χ2v) is 6.76. The molecule has 0 radical (unpaired) electrons. The fourth-order valence-corrected chi connectivity index (χ4v) is 2.27. The van der Waals surface area contributed by atoms with E-state index in [4.69, 9.17) is 5.10 Å². The van der Waals surface area contributed by atoms with Crippen LogP contribution in [0.4, 0.5) is 5.82 Å². The molecule has 1 heterocycles. The number of nitrogens with zero attached hydrogens (tertiary/aromatic N) is 2. The van der Waals surface area contributed by atoms with Gasteiger partial charge >= 0.3 is 0 Å². The average molecular weight is 351 g/mol. The number of halogens is 1. The number of para-hydroxylation sites is 1. The topological polar surface area (TPSA) is 59.0 Å². The molecule has 0 atom stereocenters. The quantitative estimate of drug-likeness (QED) is 0.868. The van der Waals surface area contributed by atoms with Crippen LogP contribution in [0.3, 0.4) is 0 Å². The van der Waals surface area contributed by atoms with Gasteiger partial charge in [0.15, 0.2) is 0 Å². The Kier molecular flexibility index (Phi) is 6.99. The molecule has 6 heteroatoms. The lowest BCUT2D eigenvalue weighted by atomic mass is 9.92. The molecular weight excluding hydrogens is 324 g/mol. The van der Waals surface area contributed by atoms with Crippen LogP contribution < -0.4 is 10.6 Å². The van der Waals surface area contributed by atoms with Crippen LogP contribution in [0.2, 0.25) is 0 Å². The van der Waals surface area contributed by atoms with E-state index in [0.29, 0.717) is 18.8 Å². The van der Waals surface area contributed by atoms with Crippen LogP contribution >= 0.6 is 12.4 Å². The summed E-state index contributed by atoms with van der Waals surface area (Å²) in [5, 5.41) is 10.7. The molecule has 0 unspecified atom stereocenters. The maximum atomic E-state index is 12.1. The van der Waals surface area contributed by atoms with E-state index in [9.17, 15) is 4.79 Å². The smallest absolute Gasteiger partial charge is 0.226 e. The van der Waals surface area contributed by atoms with Crippen LogP contribution in [0.5, 0.6) is 0 Å². The number of hydrogen-bond acceptors (Lipinski definition) is 3. The minimum atomic E-state index is -0.0849. The Morgan fingerprint density at radius 3 is 2.50 bits per heavy atom. The third kappa shape index (κ3) is 4.82. The van der Waals surface area contributed by atoms with Crippen molar-refractivity contribution in [1.29, 1.82) is 0 Å². The first-order valence-corrected chi connectivity index (χ1v) is 7.94. The number of carbonyl (C=O) groups excluding carboxylic acids is 1. The second kappa shape index (κ2) is 8.31. The lowest BCUT2D eigenvalue weighted by Crippen LogP contribution is -2.20. The van der Waals surface area contributed by atoms with E-state index in [1.165, 1.54) is 0 Å². The molecule has 1 aromatic heterocycles. The van der Waals surface area contributed by atoms with Crippen LogP contribution in [0.1, 0.15) is 38.4 Å². The van der Waals surface area contributed by atoms with Crippen molar-refractivity contribution in [3.05, 3.63) is 41.6 Å². The first kappa shape index (κ1) is 20.2. The summed E-state index contributed by atoms with van der Waals surface area (Å²) in [5.74, 6) is 0.694. The van der Waals surface area contributed by atoms with Crippen molar-refractivity contribution in [2.45, 2.75) is 39.5 Å². The van der Waals surface area contributed by atoms with Gasteiger partial charge in [0.1, 0.15) is 5.82 Å². The number of anilines is 1. The minimum Gasteiger partial charge on any atom is -0.319 e. The molecule has 0 aliphatic rings. The highest BCUT2D eigenvalue weighted by Crippen LogP contribution is 2.27. The Hall–Kier alpha value is -1.85. The fraction of sp³-hybridized carbons (Fsp3) is 0.444. The van der Waals surface area contributed by atoms with E-state index >= 15 is 0 Å². The Morgan fingerprint density at radius 2 is 1.92 bits per heavy atom. The van der Waals surface area contributed by atoms with Gasteiger partial charge in [0, 0.05) is 24.4 Å². The standard InChI is InChI=1S/C18H26N4O.ClH/c1-13-8-6-7-9-14(13)22-16(20-17(23)10-11-19-5)12-15(21-22)18(2,3)4;/h6-9,12,19H,10-11H2,1-5H3,(H,20,23);1H. The van der Waals surface area contributed by atoms with Crippen molar-refractivity contribution < 1.29 is 4.79 Å². The molecule has 2 aromatic rings. The number of amides is 1. The molecule has 2 N–H and O–H groups in total. The van der Waals surface area contributed by atoms with Gasteiger partial charge in [-0.05, 0) is 25.6 Å². The number of carbonyl (C=O) groups is 1. The van der Waals surface area contributed by atoms with Gasteiger partial charge in [-0.25, -0.2) is 4.68 Å². The SMILES string of the molecule is CNCCC(=O)Nc1cc(C(C)(C)C)nn1-c1ccccc1C.Cl. The summed E-state index contributed by atoms with van der Waals surface area (Å²) in [6.07, 6.45) is 0.431. The lowest BCUT2D eigenvalue weighted by molar-refractivity contribution is -0.116. The maximum Gasteiger partial charge on any atom is 0.226 e. The Balaban J connectivity index is 0.00000288. The van der Waals surface area contributed by atoms with Gasteiger partial charge in [-0.2, -0.15) is 5.10 Å². The predicted octanol–water partition coefficient (Wildman–Crippen LogP) is 3.45. The molecule has 0 saturated heterocycles. The predicted molar refractivity (Wildman–Crippen MR) is 101 cm³/mol. The molecule has 0 bridgehead atoms. The summed E-state index contributed by atoms with van der Waals surface area (Å²) in [4.78, 5) is 12.1. The largest absolute Gasteiger partial charge is 0.319 e. The zero-order chi connectivity index (χ0) is 17.0. The number of nitrogens with one attached hydrogen (secondary N) is 2. The highest BCUT2D eigenvalue weighted by Gasteiger charge is 2.21. The van der Waals surface area contributed by atoms with Gasteiger partial charge < -0.3 is 10.6 Å². The summed E-state index contributed by atoms with van der Waals surface area (Å²) in [6, 6.07) is 9.99. The summed E-state index contributed by atoms with van der Waals surface area (Å²) in [5.41, 5.74) is 2.96.